The van der Waals surface area contributed by atoms with Crippen LogP contribution in [0.25, 0.3) is 6.08 Å². The molecular formula is C25H32N8O10S2. The average molecular weight is 669 g/mol. The van der Waals surface area contributed by atoms with Gasteiger partial charge in [-0.1, -0.05) is 17.8 Å². The number of carbonyl (C=O) groups is 3. The van der Waals surface area contributed by atoms with E-state index in [1.165, 1.54) is 25.3 Å². The number of nitrogens with two attached hydrogens (primary N) is 3. The standard InChI is InChI=1S/C25H32N8O10S2/c1-13(29-9-8-26)4-5-14-10-15(6-7-16(14)27)41-11-18(23(36)37)42-32-19(17-12-44-24(28)30-17)21(34)31-20-22(35)33(25(20,2)3)43-45(38,39)40/h4-7,10,12,18,20,29H,1,8-9,11,26-27H2,2-3H3,(H2,28,30)(H,31,34)(H,36,37)(H,38,39,40)/b5-4-,32-19-/t18-,20+/m0/s1. The fourth-order valence-electron chi connectivity index (χ4n) is 3.72. The van der Waals surface area contributed by atoms with Crippen molar-refractivity contribution in [2.45, 2.75) is 31.5 Å². The Hall–Kier alpha value is -4.76. The molecule has 1 aromatic heterocycles. The van der Waals surface area contributed by atoms with E-state index in [2.05, 4.69) is 31.6 Å². The molecule has 2 amide bonds. The summed E-state index contributed by atoms with van der Waals surface area (Å²) < 4.78 is 40.9. The highest BCUT2D eigenvalue weighted by atomic mass is 32.3. The highest BCUT2D eigenvalue weighted by Crippen LogP contribution is 2.33. The minimum absolute atomic E-state index is 0.0448. The van der Waals surface area contributed by atoms with Gasteiger partial charge in [0.05, 0.1) is 5.54 Å². The molecule has 10 N–H and O–H groups in total. The molecule has 1 aromatic carbocycles. The number of ether oxygens (including phenoxy) is 1. The molecule has 2 aromatic rings. The van der Waals surface area contributed by atoms with Crippen LogP contribution >= 0.6 is 11.3 Å². The number of carbonyl (C=O) groups excluding carboxylic acids is 2. The number of hydrogen-bond donors (Lipinski definition) is 7. The van der Waals surface area contributed by atoms with E-state index in [-0.39, 0.29) is 16.6 Å². The zero-order chi connectivity index (χ0) is 33.5. The number of aromatic nitrogens is 1. The van der Waals surface area contributed by atoms with Crippen molar-refractivity contribution < 1.29 is 46.3 Å². The van der Waals surface area contributed by atoms with Crippen LogP contribution in [0, 0.1) is 0 Å². The molecule has 1 fully saturated rings. The van der Waals surface area contributed by atoms with Crippen LogP contribution in [-0.4, -0.2) is 89.0 Å². The van der Waals surface area contributed by atoms with Gasteiger partial charge in [-0.05, 0) is 38.1 Å². The highest BCUT2D eigenvalue weighted by molar-refractivity contribution is 7.80. The summed E-state index contributed by atoms with van der Waals surface area (Å²) in [5, 5.41) is 20.5. The molecule has 3 rings (SSSR count). The summed E-state index contributed by atoms with van der Waals surface area (Å²) in [6.45, 7) is 6.94. The molecule has 0 bridgehead atoms. The van der Waals surface area contributed by atoms with Crippen LogP contribution in [0.1, 0.15) is 25.1 Å². The van der Waals surface area contributed by atoms with E-state index in [9.17, 15) is 27.9 Å². The van der Waals surface area contributed by atoms with Crippen LogP contribution in [0.5, 0.6) is 5.75 Å². The third-order valence-corrected chi connectivity index (χ3v) is 7.08. The molecule has 18 nitrogen and oxygen atoms in total. The van der Waals surface area contributed by atoms with E-state index in [1.54, 1.807) is 24.3 Å². The zero-order valence-electron chi connectivity index (χ0n) is 24.0. The van der Waals surface area contributed by atoms with Crippen LogP contribution in [0.3, 0.4) is 0 Å². The average Bonchev–Trinajstić information content (AvgIpc) is 3.39. The Morgan fingerprint density at radius 1 is 1.33 bits per heavy atom. The van der Waals surface area contributed by atoms with Crippen molar-refractivity contribution in [3.05, 3.63) is 53.2 Å². The van der Waals surface area contributed by atoms with E-state index in [1.807, 2.05) is 0 Å². The van der Waals surface area contributed by atoms with Crippen LogP contribution in [0.2, 0.25) is 0 Å². The van der Waals surface area contributed by atoms with Gasteiger partial charge in [0.25, 0.3) is 17.9 Å². The monoisotopic (exact) mass is 668 g/mol. The summed E-state index contributed by atoms with van der Waals surface area (Å²) in [5.41, 5.74) is 16.6. The fourth-order valence-corrected chi connectivity index (χ4v) is 4.73. The maximum atomic E-state index is 13.2. The van der Waals surface area contributed by atoms with Gasteiger partial charge in [0.15, 0.2) is 10.8 Å². The molecule has 2 heterocycles. The van der Waals surface area contributed by atoms with E-state index < -0.39 is 58.2 Å². The number of amides is 2. The van der Waals surface area contributed by atoms with Crippen molar-refractivity contribution in [2.24, 2.45) is 10.9 Å². The second kappa shape index (κ2) is 14.3. The number of hydrogen-bond acceptors (Lipinski definition) is 15. The number of nitrogens with zero attached hydrogens (tertiary/aromatic N) is 3. The first kappa shape index (κ1) is 34.7. The normalized spacial score (nSPS) is 17.0. The number of carboxylic acid groups (broad SMARTS) is 1. The smallest absolute Gasteiger partial charge is 0.418 e. The third-order valence-electron chi connectivity index (χ3n) is 6.07. The molecular weight excluding hydrogens is 636 g/mol. The number of nitrogens with one attached hydrogen (secondary N) is 2. The molecule has 0 unspecified atom stereocenters. The Labute approximate surface area is 261 Å². The SMILES string of the molecule is C=C(/C=C\c1cc(OC[C@H](O/N=C(\C(=O)N[C@@H]2C(=O)N(OS(=O)(=O)O)C2(C)C)c2csc(N)n2)C(=O)O)ccc1N)NCCN. The fraction of sp³-hybridized carbons (Fsp3) is 0.320. The lowest BCUT2D eigenvalue weighted by Gasteiger charge is -2.50. The molecule has 20 heteroatoms. The second-order valence-electron chi connectivity index (χ2n) is 9.81. The van der Waals surface area contributed by atoms with Gasteiger partial charge in [0.2, 0.25) is 0 Å². The first-order chi connectivity index (χ1) is 21.0. The van der Waals surface area contributed by atoms with Crippen LogP contribution < -0.4 is 32.6 Å². The van der Waals surface area contributed by atoms with Crippen molar-refractivity contribution in [3.8, 4) is 5.75 Å². The Balaban J connectivity index is 1.75. The van der Waals surface area contributed by atoms with E-state index >= 15 is 0 Å². The number of rotatable bonds is 16. The van der Waals surface area contributed by atoms with E-state index in [0.717, 1.165) is 11.3 Å². The topological polar surface area (TPSA) is 284 Å². The molecule has 2 atom stereocenters. The predicted molar refractivity (Wildman–Crippen MR) is 163 cm³/mol. The summed E-state index contributed by atoms with van der Waals surface area (Å²) in [5.74, 6) is -3.28. The number of hydroxylamine groups is 2. The van der Waals surface area contributed by atoms with Crippen molar-refractivity contribution in [3.63, 3.8) is 0 Å². The quantitative estimate of drug-likeness (QED) is 0.0296. The molecule has 1 aliphatic rings. The van der Waals surface area contributed by atoms with Crippen molar-refractivity contribution in [2.75, 3.05) is 31.2 Å². The number of oxime groups is 1. The van der Waals surface area contributed by atoms with Crippen molar-refractivity contribution in [1.82, 2.24) is 20.7 Å². The molecule has 1 saturated heterocycles. The zero-order valence-corrected chi connectivity index (χ0v) is 25.6. The van der Waals surface area contributed by atoms with E-state index in [0.29, 0.717) is 35.1 Å². The number of aliphatic carboxylic acids is 1. The molecule has 0 aliphatic carbocycles. The van der Waals surface area contributed by atoms with Gasteiger partial charge in [0.1, 0.15) is 24.1 Å². The Morgan fingerprint density at radius 3 is 2.62 bits per heavy atom. The van der Waals surface area contributed by atoms with Crippen molar-refractivity contribution in [1.29, 1.82) is 0 Å². The number of carboxylic acids is 1. The summed E-state index contributed by atoms with van der Waals surface area (Å²) in [6, 6.07) is 3.29. The lowest BCUT2D eigenvalue weighted by molar-refractivity contribution is -0.218. The minimum atomic E-state index is -5.02. The Bertz CT molecular complexity index is 1620. The molecule has 45 heavy (non-hydrogen) atoms. The summed E-state index contributed by atoms with van der Waals surface area (Å²) in [4.78, 5) is 46.7. The highest BCUT2D eigenvalue weighted by Gasteiger charge is 2.58. The lowest BCUT2D eigenvalue weighted by Crippen LogP contribution is -2.76. The maximum Gasteiger partial charge on any atom is 0.418 e. The molecule has 0 radical (unpaired) electrons. The van der Waals surface area contributed by atoms with E-state index in [4.69, 9.17) is 31.3 Å². The largest absolute Gasteiger partial charge is 0.489 e. The van der Waals surface area contributed by atoms with Crippen molar-refractivity contribution >= 4 is 62.1 Å². The lowest BCUT2D eigenvalue weighted by atomic mass is 9.84. The second-order valence-corrected chi connectivity index (χ2v) is 11.7. The summed E-state index contributed by atoms with van der Waals surface area (Å²) in [6.07, 6.45) is 1.63. The van der Waals surface area contributed by atoms with Crippen LogP contribution in [-0.2, 0) is 33.9 Å². The Kier molecular flexibility index (Phi) is 11.1. The number of anilines is 2. The third kappa shape index (κ3) is 9.12. The summed E-state index contributed by atoms with van der Waals surface area (Å²) in [7, 11) is -5.02. The molecule has 0 spiro atoms. The maximum absolute atomic E-state index is 13.2. The minimum Gasteiger partial charge on any atom is -0.489 e. The van der Waals surface area contributed by atoms with Gasteiger partial charge in [-0.25, -0.2) is 9.78 Å². The van der Waals surface area contributed by atoms with Crippen LogP contribution in [0.4, 0.5) is 10.8 Å². The first-order valence-corrected chi connectivity index (χ1v) is 15.1. The molecule has 244 valence electrons. The van der Waals surface area contributed by atoms with Gasteiger partial charge in [-0.3, -0.25) is 14.1 Å². The first-order valence-electron chi connectivity index (χ1n) is 12.9. The number of nitrogen functional groups attached to an aromatic ring is 2. The van der Waals surface area contributed by atoms with Gasteiger partial charge in [-0.15, -0.1) is 15.6 Å². The predicted octanol–water partition coefficient (Wildman–Crippen LogP) is -0.524. The molecule has 0 saturated carbocycles. The van der Waals surface area contributed by atoms with Gasteiger partial charge < -0.3 is 42.5 Å². The Morgan fingerprint density at radius 2 is 2.04 bits per heavy atom. The summed E-state index contributed by atoms with van der Waals surface area (Å²) >= 11 is 0.945. The molecule has 1 aliphatic heterocycles. The van der Waals surface area contributed by atoms with Gasteiger partial charge in [0, 0.05) is 35.4 Å². The van der Waals surface area contributed by atoms with Crippen LogP contribution in [0.15, 0.2) is 47.1 Å². The van der Waals surface area contributed by atoms with Gasteiger partial charge >= 0.3 is 16.4 Å². The van der Waals surface area contributed by atoms with Gasteiger partial charge in [-0.2, -0.15) is 13.5 Å². The number of allylic oxidation sites excluding steroid dienone is 1. The number of β-lactam (4-membered cyclic amide) rings is 1. The number of benzene rings is 1. The number of thiazole rings is 1.